The minimum atomic E-state index is -0.403. The molecule has 4 nitrogen and oxygen atoms in total. The molecule has 0 saturated carbocycles. The van der Waals surface area contributed by atoms with Crippen molar-refractivity contribution in [3.05, 3.63) is 95.0 Å². The molecule has 0 N–H and O–H groups in total. The van der Waals surface area contributed by atoms with E-state index in [0.717, 1.165) is 27.9 Å². The lowest BCUT2D eigenvalue weighted by molar-refractivity contribution is -0.119. The fourth-order valence-electron chi connectivity index (χ4n) is 3.53. The summed E-state index contributed by atoms with van der Waals surface area (Å²) in [6, 6.07) is 25.5. The Bertz CT molecular complexity index is 1120. The summed E-state index contributed by atoms with van der Waals surface area (Å²) in [5.41, 5.74) is 2.79. The highest BCUT2D eigenvalue weighted by molar-refractivity contribution is 7.22. The second-order valence-corrected chi connectivity index (χ2v) is 9.10. The summed E-state index contributed by atoms with van der Waals surface area (Å²) in [7, 11) is 4.01. The van der Waals surface area contributed by atoms with Crippen molar-refractivity contribution < 1.29 is 4.79 Å². The highest BCUT2D eigenvalue weighted by Gasteiger charge is 2.30. The van der Waals surface area contributed by atoms with Crippen molar-refractivity contribution in [1.29, 1.82) is 0 Å². The number of thiazole rings is 1. The van der Waals surface area contributed by atoms with Crippen LogP contribution in [0.5, 0.6) is 0 Å². The molecular weight excluding hydrogens is 426 g/mol. The number of hydrogen-bond acceptors (Lipinski definition) is 4. The molecule has 1 aromatic heterocycles. The Morgan fingerprint density at radius 3 is 2.13 bits per heavy atom. The molecule has 158 valence electrons. The molecule has 0 aliphatic carbocycles. The molecule has 31 heavy (non-hydrogen) atoms. The van der Waals surface area contributed by atoms with Gasteiger partial charge >= 0.3 is 0 Å². The number of hydrogen-bond donors (Lipinski definition) is 0. The van der Waals surface area contributed by atoms with Crippen LogP contribution in [0.2, 0.25) is 5.02 Å². The number of carbonyl (C=O) groups excluding carboxylic acids is 1. The zero-order valence-electron chi connectivity index (χ0n) is 17.5. The van der Waals surface area contributed by atoms with E-state index in [2.05, 4.69) is 4.90 Å². The van der Waals surface area contributed by atoms with Gasteiger partial charge in [0.25, 0.3) is 0 Å². The third kappa shape index (κ3) is 4.96. The van der Waals surface area contributed by atoms with Crippen LogP contribution >= 0.6 is 22.9 Å². The van der Waals surface area contributed by atoms with Crippen LogP contribution in [0, 0.1) is 0 Å². The molecule has 6 heteroatoms. The molecule has 0 atom stereocenters. The molecule has 0 aliphatic rings. The van der Waals surface area contributed by atoms with Crippen molar-refractivity contribution in [2.75, 3.05) is 32.1 Å². The van der Waals surface area contributed by atoms with Gasteiger partial charge in [-0.1, -0.05) is 83.6 Å². The number of amides is 1. The van der Waals surface area contributed by atoms with Crippen LogP contribution in [-0.2, 0) is 4.79 Å². The number of halogens is 1. The van der Waals surface area contributed by atoms with Crippen LogP contribution < -0.4 is 4.90 Å². The van der Waals surface area contributed by atoms with E-state index in [4.69, 9.17) is 16.6 Å². The first-order valence-electron chi connectivity index (χ1n) is 10.1. The number of likely N-dealkylation sites (N-methyl/N-ethyl adjacent to an activating group) is 1. The fraction of sp³-hybridized carbons (Fsp3) is 0.200. The van der Waals surface area contributed by atoms with E-state index in [1.54, 1.807) is 0 Å². The van der Waals surface area contributed by atoms with E-state index in [0.29, 0.717) is 16.7 Å². The summed E-state index contributed by atoms with van der Waals surface area (Å²) in [5, 5.41) is 1.36. The van der Waals surface area contributed by atoms with Gasteiger partial charge in [-0.25, -0.2) is 4.98 Å². The Hall–Kier alpha value is -2.73. The fourth-order valence-corrected chi connectivity index (χ4v) is 4.80. The SMILES string of the molecule is CN(C)CCN(C(=O)C(c1ccccc1)c1ccccc1)c1nc2ccc(Cl)cc2s1. The maximum absolute atomic E-state index is 14.0. The summed E-state index contributed by atoms with van der Waals surface area (Å²) in [6.45, 7) is 1.29. The van der Waals surface area contributed by atoms with E-state index >= 15 is 0 Å². The van der Waals surface area contributed by atoms with Crippen LogP contribution in [0.1, 0.15) is 17.0 Å². The van der Waals surface area contributed by atoms with Crippen LogP contribution in [0.3, 0.4) is 0 Å². The highest BCUT2D eigenvalue weighted by atomic mass is 35.5. The third-order valence-corrected chi connectivity index (χ3v) is 6.40. The smallest absolute Gasteiger partial charge is 0.240 e. The molecule has 0 fully saturated rings. The first kappa shape index (κ1) is 21.5. The monoisotopic (exact) mass is 449 g/mol. The number of benzene rings is 3. The van der Waals surface area contributed by atoms with Crippen molar-refractivity contribution in [1.82, 2.24) is 9.88 Å². The number of carbonyl (C=O) groups is 1. The van der Waals surface area contributed by atoms with Crippen LogP contribution in [0.25, 0.3) is 10.2 Å². The predicted molar refractivity (Wildman–Crippen MR) is 130 cm³/mol. The summed E-state index contributed by atoms with van der Waals surface area (Å²) < 4.78 is 0.973. The number of aromatic nitrogens is 1. The van der Waals surface area contributed by atoms with E-state index in [9.17, 15) is 4.79 Å². The number of nitrogens with zero attached hydrogens (tertiary/aromatic N) is 3. The Kier molecular flexibility index (Phi) is 6.66. The first-order chi connectivity index (χ1) is 15.0. The lowest BCUT2D eigenvalue weighted by Gasteiger charge is -2.27. The van der Waals surface area contributed by atoms with Gasteiger partial charge in [0.2, 0.25) is 5.91 Å². The van der Waals surface area contributed by atoms with Crippen LogP contribution in [0.15, 0.2) is 78.9 Å². The number of fused-ring (bicyclic) bond motifs is 1. The Balaban J connectivity index is 1.78. The van der Waals surface area contributed by atoms with Crippen molar-refractivity contribution in [3.8, 4) is 0 Å². The molecule has 1 amide bonds. The van der Waals surface area contributed by atoms with E-state index < -0.39 is 5.92 Å². The normalized spacial score (nSPS) is 11.4. The standard InChI is InChI=1S/C25H24ClN3OS/c1-28(2)15-16-29(25-27-21-14-13-20(26)17-22(21)31-25)24(30)23(18-9-5-3-6-10-18)19-11-7-4-8-12-19/h3-14,17,23H,15-16H2,1-2H3. The average molecular weight is 450 g/mol. The molecule has 3 aromatic carbocycles. The van der Waals surface area contributed by atoms with Gasteiger partial charge in [-0.15, -0.1) is 0 Å². The number of anilines is 1. The van der Waals surface area contributed by atoms with Gasteiger partial charge in [0, 0.05) is 18.1 Å². The maximum Gasteiger partial charge on any atom is 0.240 e. The molecule has 4 aromatic rings. The number of rotatable bonds is 7. The summed E-state index contributed by atoms with van der Waals surface area (Å²) >= 11 is 7.67. The molecule has 0 saturated heterocycles. The van der Waals surface area contributed by atoms with Gasteiger partial charge in [0.1, 0.15) is 0 Å². The molecule has 0 bridgehead atoms. The quantitative estimate of drug-likeness (QED) is 0.364. The van der Waals surface area contributed by atoms with Crippen molar-refractivity contribution in [3.63, 3.8) is 0 Å². The summed E-state index contributed by atoms with van der Waals surface area (Å²) in [6.07, 6.45) is 0. The second kappa shape index (κ2) is 9.60. The molecular formula is C25H24ClN3OS. The minimum absolute atomic E-state index is 0.0180. The van der Waals surface area contributed by atoms with Crippen LogP contribution in [-0.4, -0.2) is 43.0 Å². The molecule has 0 unspecified atom stereocenters. The average Bonchev–Trinajstić information content (AvgIpc) is 3.18. The van der Waals surface area contributed by atoms with Gasteiger partial charge in [-0.3, -0.25) is 9.69 Å². The second-order valence-electron chi connectivity index (χ2n) is 7.66. The maximum atomic E-state index is 14.0. The van der Waals surface area contributed by atoms with Crippen LogP contribution in [0.4, 0.5) is 5.13 Å². The first-order valence-corrected chi connectivity index (χ1v) is 11.3. The molecule has 4 rings (SSSR count). The largest absolute Gasteiger partial charge is 0.308 e. The zero-order valence-corrected chi connectivity index (χ0v) is 19.1. The molecule has 0 aliphatic heterocycles. The molecule has 0 spiro atoms. The third-order valence-electron chi connectivity index (χ3n) is 5.12. The lowest BCUT2D eigenvalue weighted by Crippen LogP contribution is -2.40. The van der Waals surface area contributed by atoms with Gasteiger partial charge in [-0.05, 0) is 43.4 Å². The topological polar surface area (TPSA) is 36.4 Å². The lowest BCUT2D eigenvalue weighted by atomic mass is 9.90. The molecule has 0 radical (unpaired) electrons. The zero-order chi connectivity index (χ0) is 21.8. The van der Waals surface area contributed by atoms with E-state index in [-0.39, 0.29) is 5.91 Å². The Morgan fingerprint density at radius 1 is 0.935 bits per heavy atom. The summed E-state index contributed by atoms with van der Waals surface area (Å²) in [5.74, 6) is -0.385. The van der Waals surface area contributed by atoms with Crippen molar-refractivity contribution in [2.45, 2.75) is 5.92 Å². The van der Waals surface area contributed by atoms with Gasteiger partial charge in [-0.2, -0.15) is 0 Å². The molecule has 1 heterocycles. The van der Waals surface area contributed by atoms with Gasteiger partial charge < -0.3 is 4.90 Å². The van der Waals surface area contributed by atoms with Gasteiger partial charge in [0.05, 0.1) is 16.1 Å². The summed E-state index contributed by atoms with van der Waals surface area (Å²) in [4.78, 5) is 22.7. The highest BCUT2D eigenvalue weighted by Crippen LogP contribution is 2.34. The Morgan fingerprint density at radius 2 is 1.55 bits per heavy atom. The van der Waals surface area contributed by atoms with Crippen molar-refractivity contribution >= 4 is 44.2 Å². The van der Waals surface area contributed by atoms with E-state index in [1.165, 1.54) is 11.3 Å². The van der Waals surface area contributed by atoms with Crippen molar-refractivity contribution in [2.24, 2.45) is 0 Å². The minimum Gasteiger partial charge on any atom is -0.308 e. The Labute approximate surface area is 191 Å². The van der Waals surface area contributed by atoms with E-state index in [1.807, 2.05) is 97.9 Å². The van der Waals surface area contributed by atoms with Gasteiger partial charge in [0.15, 0.2) is 5.13 Å². The predicted octanol–water partition coefficient (Wildman–Crippen LogP) is 5.68.